The van der Waals surface area contributed by atoms with Crippen LogP contribution in [0.15, 0.2) is 30.3 Å². The largest absolute Gasteiger partial charge is 0.449 e. The minimum absolute atomic E-state index is 0.0303. The number of cyclic esters (lactones) is 2. The molecule has 1 N–H and O–H groups in total. The number of carbonyl (C=O) groups is 2. The second-order valence-electron chi connectivity index (χ2n) is 9.81. The lowest BCUT2D eigenvalue weighted by Crippen LogP contribution is -2.58. The first-order chi connectivity index (χ1) is 15.9. The average Bonchev–Trinajstić information content (AvgIpc) is 2.84. The number of hydrogen-bond acceptors (Lipinski definition) is 6. The monoisotopic (exact) mass is 458 g/mol. The van der Waals surface area contributed by atoms with Gasteiger partial charge >= 0.3 is 12.2 Å². The molecule has 1 aromatic carbocycles. The maximum atomic E-state index is 11.7. The normalized spacial score (nSPS) is 24.7. The number of amides is 2. The quantitative estimate of drug-likeness (QED) is 0.734. The van der Waals surface area contributed by atoms with Gasteiger partial charge in [-0.3, -0.25) is 4.90 Å². The van der Waals surface area contributed by atoms with Crippen molar-refractivity contribution in [1.29, 1.82) is 0 Å². The highest BCUT2D eigenvalue weighted by atomic mass is 16.6. The van der Waals surface area contributed by atoms with Gasteiger partial charge in [0.2, 0.25) is 0 Å². The van der Waals surface area contributed by atoms with Crippen molar-refractivity contribution in [2.45, 2.75) is 56.1 Å². The molecule has 5 rings (SSSR count). The summed E-state index contributed by atoms with van der Waals surface area (Å²) in [6, 6.07) is 10.6. The fraction of sp³-hybridized carbons (Fsp3) is 0.680. The number of rotatable bonds is 2. The van der Waals surface area contributed by atoms with Gasteiger partial charge in [-0.1, -0.05) is 30.3 Å². The minimum Gasteiger partial charge on any atom is -0.449 e. The molecule has 0 radical (unpaired) electrons. The molecule has 33 heavy (non-hydrogen) atoms. The van der Waals surface area contributed by atoms with E-state index in [-0.39, 0.29) is 23.3 Å². The van der Waals surface area contributed by atoms with Crippen LogP contribution in [0.5, 0.6) is 0 Å². The zero-order valence-corrected chi connectivity index (χ0v) is 20.1. The fourth-order valence-corrected chi connectivity index (χ4v) is 5.60. The van der Waals surface area contributed by atoms with Crippen LogP contribution in [0.25, 0.3) is 0 Å². The molecule has 2 amide bonds. The lowest BCUT2D eigenvalue weighted by molar-refractivity contribution is -0.0244. The van der Waals surface area contributed by atoms with E-state index in [1.807, 2.05) is 19.0 Å². The molecule has 0 saturated carbocycles. The summed E-state index contributed by atoms with van der Waals surface area (Å²) >= 11 is 0. The molecule has 0 unspecified atom stereocenters. The molecule has 182 valence electrons. The molecule has 0 aromatic heterocycles. The Morgan fingerprint density at radius 3 is 1.85 bits per heavy atom. The Morgan fingerprint density at radius 2 is 1.30 bits per heavy atom. The fourth-order valence-electron chi connectivity index (χ4n) is 5.60. The zero-order valence-electron chi connectivity index (χ0n) is 20.1. The van der Waals surface area contributed by atoms with Gasteiger partial charge in [-0.2, -0.15) is 0 Å². The maximum absolute atomic E-state index is 11.7. The summed E-state index contributed by atoms with van der Waals surface area (Å²) in [5.41, 5.74) is 1.48. The van der Waals surface area contributed by atoms with E-state index in [2.05, 4.69) is 40.5 Å². The topological polar surface area (TPSA) is 74.4 Å². The Bertz CT molecular complexity index is 798. The molecule has 8 heteroatoms. The van der Waals surface area contributed by atoms with Crippen molar-refractivity contribution >= 4 is 12.2 Å². The van der Waals surface area contributed by atoms with Gasteiger partial charge in [0, 0.05) is 46.6 Å². The van der Waals surface area contributed by atoms with Crippen LogP contribution in [0.1, 0.15) is 44.1 Å². The molecule has 4 heterocycles. The third-order valence-electron chi connectivity index (χ3n) is 8.13. The number of benzene rings is 1. The average molecular weight is 459 g/mol. The van der Waals surface area contributed by atoms with E-state index in [0.717, 1.165) is 71.2 Å². The van der Waals surface area contributed by atoms with Crippen LogP contribution in [0.4, 0.5) is 9.59 Å². The SMILES string of the molecule is CN1C(=O)OCCC12CCN(Cc1ccccc1)CC2.CN1C(=O)OCCC12CCNCC2. The number of nitrogens with zero attached hydrogens (tertiary/aromatic N) is 3. The molecule has 8 nitrogen and oxygen atoms in total. The summed E-state index contributed by atoms with van der Waals surface area (Å²) in [4.78, 5) is 29.2. The number of ether oxygens (including phenoxy) is 2. The van der Waals surface area contributed by atoms with Crippen molar-refractivity contribution in [3.05, 3.63) is 35.9 Å². The molecule has 0 aliphatic carbocycles. The van der Waals surface area contributed by atoms with Crippen LogP contribution in [-0.4, -0.2) is 91.5 Å². The molecular weight excluding hydrogens is 420 g/mol. The van der Waals surface area contributed by atoms with Crippen molar-refractivity contribution in [3.63, 3.8) is 0 Å². The smallest absolute Gasteiger partial charge is 0.409 e. The molecular formula is C25H38N4O4. The van der Waals surface area contributed by atoms with E-state index in [0.29, 0.717) is 13.2 Å². The third kappa shape index (κ3) is 5.27. The van der Waals surface area contributed by atoms with E-state index in [1.54, 1.807) is 4.90 Å². The maximum Gasteiger partial charge on any atom is 0.409 e. The third-order valence-corrected chi connectivity index (χ3v) is 8.13. The van der Waals surface area contributed by atoms with Crippen molar-refractivity contribution in [3.8, 4) is 0 Å². The van der Waals surface area contributed by atoms with Crippen molar-refractivity contribution < 1.29 is 19.1 Å². The number of nitrogens with one attached hydrogen (secondary N) is 1. The second kappa shape index (κ2) is 10.3. The van der Waals surface area contributed by atoms with Crippen LogP contribution in [0, 0.1) is 0 Å². The Morgan fingerprint density at radius 1 is 0.788 bits per heavy atom. The number of carbonyl (C=O) groups excluding carboxylic acids is 2. The summed E-state index contributed by atoms with van der Waals surface area (Å²) in [5.74, 6) is 0. The molecule has 0 atom stereocenters. The van der Waals surface area contributed by atoms with Crippen LogP contribution in [-0.2, 0) is 16.0 Å². The highest BCUT2D eigenvalue weighted by Gasteiger charge is 2.44. The molecule has 1 aromatic rings. The van der Waals surface area contributed by atoms with Crippen molar-refractivity contribution in [2.24, 2.45) is 0 Å². The zero-order chi connectivity index (χ0) is 23.3. The van der Waals surface area contributed by atoms with Crippen molar-refractivity contribution in [1.82, 2.24) is 20.0 Å². The van der Waals surface area contributed by atoms with E-state index in [1.165, 1.54) is 5.56 Å². The van der Waals surface area contributed by atoms with Crippen molar-refractivity contribution in [2.75, 3.05) is 53.5 Å². The summed E-state index contributed by atoms with van der Waals surface area (Å²) in [6.45, 7) is 6.28. The Hall–Kier alpha value is -2.32. The first-order valence-electron chi connectivity index (χ1n) is 12.2. The molecule has 4 aliphatic rings. The van der Waals surface area contributed by atoms with Gasteiger partial charge in [0.25, 0.3) is 0 Å². The number of piperidine rings is 2. The first-order valence-corrected chi connectivity index (χ1v) is 12.2. The summed E-state index contributed by atoms with van der Waals surface area (Å²) in [5, 5.41) is 3.31. The summed E-state index contributed by atoms with van der Waals surface area (Å²) < 4.78 is 10.1. The lowest BCUT2D eigenvalue weighted by Gasteiger charge is -2.49. The number of likely N-dealkylation sites (tertiary alicyclic amines) is 1. The molecule has 4 fully saturated rings. The molecule has 2 spiro atoms. The van der Waals surface area contributed by atoms with Gasteiger partial charge < -0.3 is 24.6 Å². The lowest BCUT2D eigenvalue weighted by atomic mass is 9.82. The van der Waals surface area contributed by atoms with Gasteiger partial charge in [-0.05, 0) is 44.3 Å². The highest BCUT2D eigenvalue weighted by molar-refractivity contribution is 5.69. The Balaban J connectivity index is 0.000000172. The summed E-state index contributed by atoms with van der Waals surface area (Å²) in [6.07, 6.45) is 5.83. The molecule has 4 saturated heterocycles. The van der Waals surface area contributed by atoms with Crippen LogP contribution in [0.3, 0.4) is 0 Å². The van der Waals surface area contributed by atoms with E-state index in [4.69, 9.17) is 9.47 Å². The van der Waals surface area contributed by atoms with Gasteiger partial charge in [-0.15, -0.1) is 0 Å². The predicted octanol–water partition coefficient (Wildman–Crippen LogP) is 3.07. The van der Waals surface area contributed by atoms with E-state index < -0.39 is 0 Å². The standard InChI is InChI=1S/C16H22N2O2.C9H16N2O2/c1-17-15(19)20-12-9-16(17)7-10-18(11-8-16)13-14-5-3-2-4-6-14;1-11-8(12)13-7-4-9(11)2-5-10-6-3-9/h2-6H,7-13H2,1H3;10H,2-7H2,1H3. The minimum atomic E-state index is -0.159. The second-order valence-corrected chi connectivity index (χ2v) is 9.81. The van der Waals surface area contributed by atoms with Gasteiger partial charge in [-0.25, -0.2) is 9.59 Å². The molecule has 0 bridgehead atoms. The highest BCUT2D eigenvalue weighted by Crippen LogP contribution is 2.35. The summed E-state index contributed by atoms with van der Waals surface area (Å²) in [7, 11) is 3.74. The predicted molar refractivity (Wildman–Crippen MR) is 126 cm³/mol. The van der Waals surface area contributed by atoms with Crippen LogP contribution >= 0.6 is 0 Å². The number of hydrogen-bond donors (Lipinski definition) is 1. The van der Waals surface area contributed by atoms with Gasteiger partial charge in [0.1, 0.15) is 0 Å². The van der Waals surface area contributed by atoms with Crippen LogP contribution < -0.4 is 5.32 Å². The van der Waals surface area contributed by atoms with Crippen LogP contribution in [0.2, 0.25) is 0 Å². The van der Waals surface area contributed by atoms with E-state index in [9.17, 15) is 9.59 Å². The Kier molecular flexibility index (Phi) is 7.44. The van der Waals surface area contributed by atoms with E-state index >= 15 is 0 Å². The molecule has 4 aliphatic heterocycles. The van der Waals surface area contributed by atoms with Gasteiger partial charge in [0.05, 0.1) is 24.3 Å². The van der Waals surface area contributed by atoms with Gasteiger partial charge in [0.15, 0.2) is 0 Å². The Labute approximate surface area is 197 Å². The first kappa shape index (κ1) is 23.8.